The molecule has 0 bridgehead atoms. The van der Waals surface area contributed by atoms with Crippen molar-refractivity contribution >= 4 is 23.9 Å². The standard InChI is InChI=1S/C19H16O8/c1-12(20)26-16-9-5-3-7-14(16)18(22)24-11-25-19(23)15-8-4-6-10-17(15)27-13(2)21/h3-10H,11H2,1-2H3. The first kappa shape index (κ1) is 19.6. The molecule has 0 unspecified atom stereocenters. The summed E-state index contributed by atoms with van der Waals surface area (Å²) in [6.07, 6.45) is 0. The van der Waals surface area contributed by atoms with Crippen molar-refractivity contribution in [1.82, 2.24) is 0 Å². The lowest BCUT2D eigenvalue weighted by molar-refractivity contribution is -0.132. The van der Waals surface area contributed by atoms with E-state index in [2.05, 4.69) is 0 Å². The van der Waals surface area contributed by atoms with Gasteiger partial charge in [-0.25, -0.2) is 9.59 Å². The Morgan fingerprint density at radius 3 is 1.41 bits per heavy atom. The van der Waals surface area contributed by atoms with Crippen molar-refractivity contribution in [1.29, 1.82) is 0 Å². The van der Waals surface area contributed by atoms with E-state index in [1.54, 1.807) is 24.3 Å². The molecular weight excluding hydrogens is 356 g/mol. The van der Waals surface area contributed by atoms with E-state index >= 15 is 0 Å². The second kappa shape index (κ2) is 9.14. The van der Waals surface area contributed by atoms with Gasteiger partial charge in [0.25, 0.3) is 0 Å². The Morgan fingerprint density at radius 2 is 1.04 bits per heavy atom. The van der Waals surface area contributed by atoms with Crippen LogP contribution in [0.5, 0.6) is 11.5 Å². The molecule has 0 fully saturated rings. The topological polar surface area (TPSA) is 105 Å². The molecule has 27 heavy (non-hydrogen) atoms. The second-order valence-electron chi connectivity index (χ2n) is 5.16. The Kier molecular flexibility index (Phi) is 6.65. The zero-order valence-electron chi connectivity index (χ0n) is 14.6. The Labute approximate surface area is 154 Å². The van der Waals surface area contributed by atoms with Crippen LogP contribution in [0.3, 0.4) is 0 Å². The summed E-state index contributed by atoms with van der Waals surface area (Å²) in [5.74, 6) is -2.81. The highest BCUT2D eigenvalue weighted by molar-refractivity contribution is 5.94. The van der Waals surface area contributed by atoms with Crippen LogP contribution >= 0.6 is 0 Å². The molecule has 0 radical (unpaired) electrons. The first-order valence-electron chi connectivity index (χ1n) is 7.77. The minimum Gasteiger partial charge on any atom is -0.426 e. The lowest BCUT2D eigenvalue weighted by Gasteiger charge is -2.10. The van der Waals surface area contributed by atoms with E-state index in [0.29, 0.717) is 0 Å². The van der Waals surface area contributed by atoms with Crippen molar-refractivity contribution in [3.05, 3.63) is 59.7 Å². The van der Waals surface area contributed by atoms with E-state index in [1.807, 2.05) is 0 Å². The summed E-state index contributed by atoms with van der Waals surface area (Å²) in [6.45, 7) is 1.72. The molecule has 0 heterocycles. The molecule has 0 aliphatic rings. The van der Waals surface area contributed by atoms with Crippen LogP contribution in [0.4, 0.5) is 0 Å². The smallest absolute Gasteiger partial charge is 0.344 e. The molecule has 2 rings (SSSR count). The van der Waals surface area contributed by atoms with Gasteiger partial charge < -0.3 is 18.9 Å². The number of rotatable bonds is 6. The monoisotopic (exact) mass is 372 g/mol. The van der Waals surface area contributed by atoms with E-state index in [4.69, 9.17) is 18.9 Å². The first-order valence-corrected chi connectivity index (χ1v) is 7.77. The first-order chi connectivity index (χ1) is 12.9. The van der Waals surface area contributed by atoms with Crippen LogP contribution < -0.4 is 9.47 Å². The fourth-order valence-electron chi connectivity index (χ4n) is 2.05. The number of hydrogen-bond donors (Lipinski definition) is 0. The molecule has 0 saturated carbocycles. The number of para-hydroxylation sites is 2. The summed E-state index contributed by atoms with van der Waals surface area (Å²) in [5, 5.41) is 0. The zero-order chi connectivity index (χ0) is 19.8. The maximum atomic E-state index is 12.1. The van der Waals surface area contributed by atoms with Crippen molar-refractivity contribution in [2.24, 2.45) is 0 Å². The molecule has 0 amide bonds. The maximum Gasteiger partial charge on any atom is 0.344 e. The van der Waals surface area contributed by atoms with Crippen LogP contribution in [-0.2, 0) is 19.1 Å². The molecular formula is C19H16O8. The maximum absolute atomic E-state index is 12.1. The van der Waals surface area contributed by atoms with Crippen LogP contribution in [0.25, 0.3) is 0 Å². The molecule has 2 aromatic carbocycles. The molecule has 0 spiro atoms. The lowest BCUT2D eigenvalue weighted by Crippen LogP contribution is -2.15. The van der Waals surface area contributed by atoms with Gasteiger partial charge in [-0.3, -0.25) is 9.59 Å². The molecule has 0 saturated heterocycles. The number of hydrogen-bond acceptors (Lipinski definition) is 8. The predicted molar refractivity (Wildman–Crippen MR) is 91.2 cm³/mol. The van der Waals surface area contributed by atoms with Crippen LogP contribution in [0.2, 0.25) is 0 Å². The summed E-state index contributed by atoms with van der Waals surface area (Å²) in [7, 11) is 0. The normalized spacial score (nSPS) is 9.85. The highest BCUT2D eigenvalue weighted by Gasteiger charge is 2.18. The van der Waals surface area contributed by atoms with E-state index in [1.165, 1.54) is 38.1 Å². The third-order valence-electron chi connectivity index (χ3n) is 3.10. The van der Waals surface area contributed by atoms with Crippen molar-refractivity contribution < 1.29 is 38.1 Å². The van der Waals surface area contributed by atoms with Gasteiger partial charge in [0.1, 0.15) is 22.6 Å². The van der Waals surface area contributed by atoms with Gasteiger partial charge in [0.2, 0.25) is 6.79 Å². The summed E-state index contributed by atoms with van der Waals surface area (Å²) in [5.41, 5.74) is 0.00752. The van der Waals surface area contributed by atoms with Gasteiger partial charge in [0.05, 0.1) is 0 Å². The Morgan fingerprint density at radius 1 is 0.667 bits per heavy atom. The average molecular weight is 372 g/mol. The number of benzene rings is 2. The van der Waals surface area contributed by atoms with E-state index in [9.17, 15) is 19.2 Å². The van der Waals surface area contributed by atoms with Crippen LogP contribution in [0.1, 0.15) is 34.6 Å². The van der Waals surface area contributed by atoms with Gasteiger partial charge in [-0.2, -0.15) is 0 Å². The molecule has 0 atom stereocenters. The average Bonchev–Trinajstić information content (AvgIpc) is 2.61. The third kappa shape index (κ3) is 5.67. The van der Waals surface area contributed by atoms with Crippen molar-refractivity contribution in [2.45, 2.75) is 13.8 Å². The molecule has 8 heteroatoms. The Balaban J connectivity index is 1.99. The van der Waals surface area contributed by atoms with Crippen molar-refractivity contribution in [2.75, 3.05) is 6.79 Å². The number of carbonyl (C=O) groups is 4. The summed E-state index contributed by atoms with van der Waals surface area (Å²) in [6, 6.07) is 12.0. The molecule has 0 N–H and O–H groups in total. The van der Waals surface area contributed by atoms with Crippen molar-refractivity contribution in [3.63, 3.8) is 0 Å². The van der Waals surface area contributed by atoms with Gasteiger partial charge in [0, 0.05) is 13.8 Å². The highest BCUT2D eigenvalue weighted by Crippen LogP contribution is 2.21. The Bertz CT molecular complexity index is 800. The number of esters is 4. The summed E-state index contributed by atoms with van der Waals surface area (Å²) >= 11 is 0. The molecule has 0 aliphatic heterocycles. The minimum absolute atomic E-state index is 0.00376. The Hall–Kier alpha value is -3.68. The third-order valence-corrected chi connectivity index (χ3v) is 3.10. The SMILES string of the molecule is CC(=O)Oc1ccccc1C(=O)OCOC(=O)c1ccccc1OC(C)=O. The van der Waals surface area contributed by atoms with Gasteiger partial charge in [-0.05, 0) is 24.3 Å². The summed E-state index contributed by atoms with van der Waals surface area (Å²) in [4.78, 5) is 46.4. The second-order valence-corrected chi connectivity index (χ2v) is 5.16. The fourth-order valence-corrected chi connectivity index (χ4v) is 2.05. The highest BCUT2D eigenvalue weighted by atomic mass is 16.7. The quantitative estimate of drug-likeness (QED) is 0.433. The summed E-state index contributed by atoms with van der Waals surface area (Å²) < 4.78 is 19.6. The van der Waals surface area contributed by atoms with Crippen LogP contribution in [-0.4, -0.2) is 30.7 Å². The molecule has 0 aliphatic carbocycles. The molecule has 140 valence electrons. The van der Waals surface area contributed by atoms with Gasteiger partial charge in [-0.1, -0.05) is 24.3 Å². The van der Waals surface area contributed by atoms with E-state index in [0.717, 1.165) is 0 Å². The largest absolute Gasteiger partial charge is 0.426 e. The van der Waals surface area contributed by atoms with Crippen molar-refractivity contribution in [3.8, 4) is 11.5 Å². The molecule has 8 nitrogen and oxygen atoms in total. The fraction of sp³-hybridized carbons (Fsp3) is 0.158. The number of ether oxygens (including phenoxy) is 4. The molecule has 0 aromatic heterocycles. The minimum atomic E-state index is -0.840. The van der Waals surface area contributed by atoms with Gasteiger partial charge >= 0.3 is 23.9 Å². The van der Waals surface area contributed by atoms with Gasteiger partial charge in [0.15, 0.2) is 0 Å². The van der Waals surface area contributed by atoms with E-state index < -0.39 is 30.7 Å². The van der Waals surface area contributed by atoms with Crippen LogP contribution in [0, 0.1) is 0 Å². The predicted octanol–water partition coefficient (Wildman–Crippen LogP) is 2.51. The lowest BCUT2D eigenvalue weighted by atomic mass is 10.2. The van der Waals surface area contributed by atoms with E-state index in [-0.39, 0.29) is 22.6 Å². The zero-order valence-corrected chi connectivity index (χ0v) is 14.6. The van der Waals surface area contributed by atoms with Crippen LogP contribution in [0.15, 0.2) is 48.5 Å². The van der Waals surface area contributed by atoms with Gasteiger partial charge in [-0.15, -0.1) is 0 Å². The molecule has 2 aromatic rings. The number of carbonyl (C=O) groups excluding carboxylic acids is 4.